The minimum absolute atomic E-state index is 0.327. The van der Waals surface area contributed by atoms with Gasteiger partial charge in [-0.25, -0.2) is 8.78 Å². The molecule has 4 rings (SSSR count). The largest absolute Gasteiger partial charge is 0.497 e. The number of piperidine rings is 1. The van der Waals surface area contributed by atoms with Crippen molar-refractivity contribution in [2.24, 2.45) is 0 Å². The van der Waals surface area contributed by atoms with Crippen molar-refractivity contribution in [1.29, 1.82) is 0 Å². The standard InChI is InChI=1S/C22H25F2NO4/c1-28-15-3-4-16-19(26)12-22(29-21(16)11-15)6-8-25(9-7-22)13-20(27)14-2-5-17(23)18(24)10-14/h2-5,10-11,19-20,26-27H,6-9,12-13H2,1H3/t19-,20-/m0/s1. The summed E-state index contributed by atoms with van der Waals surface area (Å²) < 4.78 is 38.1. The zero-order valence-electron chi connectivity index (χ0n) is 16.3. The van der Waals surface area contributed by atoms with Crippen molar-refractivity contribution in [3.63, 3.8) is 0 Å². The quantitative estimate of drug-likeness (QED) is 0.817. The summed E-state index contributed by atoms with van der Waals surface area (Å²) in [6.07, 6.45) is 0.425. The molecule has 1 spiro atoms. The summed E-state index contributed by atoms with van der Waals surface area (Å²) in [5, 5.41) is 21.0. The van der Waals surface area contributed by atoms with Crippen LogP contribution >= 0.6 is 0 Å². The molecule has 156 valence electrons. The van der Waals surface area contributed by atoms with Crippen LogP contribution in [0.3, 0.4) is 0 Å². The van der Waals surface area contributed by atoms with Crippen molar-refractivity contribution in [2.45, 2.75) is 37.1 Å². The summed E-state index contributed by atoms with van der Waals surface area (Å²) in [5.41, 5.74) is 0.671. The summed E-state index contributed by atoms with van der Waals surface area (Å²) in [5.74, 6) is -0.554. The molecule has 0 unspecified atom stereocenters. The second-order valence-electron chi connectivity index (χ2n) is 7.90. The molecule has 0 saturated carbocycles. The maximum atomic E-state index is 13.4. The smallest absolute Gasteiger partial charge is 0.159 e. The van der Waals surface area contributed by atoms with Crippen LogP contribution in [-0.2, 0) is 0 Å². The lowest BCUT2D eigenvalue weighted by molar-refractivity contribution is -0.0588. The normalized spacial score (nSPS) is 22.0. The van der Waals surface area contributed by atoms with Crippen LogP contribution in [-0.4, -0.2) is 47.5 Å². The summed E-state index contributed by atoms with van der Waals surface area (Å²) in [4.78, 5) is 2.08. The summed E-state index contributed by atoms with van der Waals surface area (Å²) in [6.45, 7) is 1.67. The van der Waals surface area contributed by atoms with Gasteiger partial charge >= 0.3 is 0 Å². The molecule has 2 aliphatic heterocycles. The van der Waals surface area contributed by atoms with Gasteiger partial charge in [0, 0.05) is 37.7 Å². The Morgan fingerprint density at radius 1 is 1.17 bits per heavy atom. The maximum absolute atomic E-state index is 13.4. The number of ether oxygens (including phenoxy) is 2. The fraction of sp³-hybridized carbons (Fsp3) is 0.455. The molecule has 0 bridgehead atoms. The lowest BCUT2D eigenvalue weighted by atomic mass is 9.81. The van der Waals surface area contributed by atoms with Crippen LogP contribution in [0.1, 0.15) is 42.6 Å². The number of aliphatic hydroxyl groups excluding tert-OH is 2. The lowest BCUT2D eigenvalue weighted by Gasteiger charge is -2.46. The average molecular weight is 405 g/mol. The maximum Gasteiger partial charge on any atom is 0.159 e. The van der Waals surface area contributed by atoms with Gasteiger partial charge in [-0.3, -0.25) is 0 Å². The number of β-amino-alcohol motifs (C(OH)–C–C–N with tert-alkyl or cyclic N) is 1. The molecule has 2 atom stereocenters. The molecule has 29 heavy (non-hydrogen) atoms. The van der Waals surface area contributed by atoms with E-state index in [0.29, 0.717) is 56.0 Å². The highest BCUT2D eigenvalue weighted by Gasteiger charge is 2.43. The molecule has 2 aromatic rings. The number of hydrogen-bond donors (Lipinski definition) is 2. The van der Waals surface area contributed by atoms with E-state index in [1.807, 2.05) is 12.1 Å². The summed E-state index contributed by atoms with van der Waals surface area (Å²) >= 11 is 0. The Kier molecular flexibility index (Phi) is 5.46. The topological polar surface area (TPSA) is 62.2 Å². The highest BCUT2D eigenvalue weighted by atomic mass is 19.2. The number of aliphatic hydroxyl groups is 2. The van der Waals surface area contributed by atoms with E-state index in [1.54, 1.807) is 13.2 Å². The van der Waals surface area contributed by atoms with Gasteiger partial charge in [0.05, 0.1) is 19.3 Å². The highest BCUT2D eigenvalue weighted by molar-refractivity contribution is 5.44. The van der Waals surface area contributed by atoms with E-state index in [-0.39, 0.29) is 0 Å². The van der Waals surface area contributed by atoms with Gasteiger partial charge in [0.2, 0.25) is 0 Å². The lowest BCUT2D eigenvalue weighted by Crippen LogP contribution is -2.51. The van der Waals surface area contributed by atoms with Gasteiger partial charge in [-0.2, -0.15) is 0 Å². The van der Waals surface area contributed by atoms with E-state index >= 15 is 0 Å². The Morgan fingerprint density at radius 2 is 1.93 bits per heavy atom. The Morgan fingerprint density at radius 3 is 2.62 bits per heavy atom. The van der Waals surface area contributed by atoms with Gasteiger partial charge in [-0.15, -0.1) is 0 Å². The molecule has 7 heteroatoms. The number of fused-ring (bicyclic) bond motifs is 1. The van der Waals surface area contributed by atoms with Crippen LogP contribution in [0.25, 0.3) is 0 Å². The van der Waals surface area contributed by atoms with E-state index in [1.165, 1.54) is 6.07 Å². The second kappa shape index (κ2) is 7.89. The number of halogens is 2. The summed E-state index contributed by atoms with van der Waals surface area (Å²) in [6, 6.07) is 8.92. The molecule has 1 fully saturated rings. The molecule has 5 nitrogen and oxygen atoms in total. The van der Waals surface area contributed by atoms with E-state index in [0.717, 1.165) is 17.7 Å². The zero-order valence-corrected chi connectivity index (χ0v) is 16.3. The van der Waals surface area contributed by atoms with E-state index in [2.05, 4.69) is 4.90 Å². The molecule has 2 heterocycles. The molecule has 2 aliphatic rings. The van der Waals surface area contributed by atoms with Crippen molar-refractivity contribution >= 4 is 0 Å². The number of methoxy groups -OCH3 is 1. The van der Waals surface area contributed by atoms with E-state index < -0.39 is 29.4 Å². The molecule has 1 saturated heterocycles. The first kappa shape index (κ1) is 20.1. The Labute approximate surface area is 168 Å². The fourth-order valence-corrected chi connectivity index (χ4v) is 4.26. The third-order valence-electron chi connectivity index (χ3n) is 6.00. The van der Waals surface area contributed by atoms with Crippen LogP contribution < -0.4 is 9.47 Å². The Hall–Kier alpha value is -2.22. The number of benzene rings is 2. The van der Waals surface area contributed by atoms with Crippen molar-refractivity contribution in [1.82, 2.24) is 4.90 Å². The minimum Gasteiger partial charge on any atom is -0.497 e. The summed E-state index contributed by atoms with van der Waals surface area (Å²) in [7, 11) is 1.59. The second-order valence-corrected chi connectivity index (χ2v) is 7.90. The highest BCUT2D eigenvalue weighted by Crippen LogP contribution is 2.45. The van der Waals surface area contributed by atoms with Crippen LogP contribution in [0, 0.1) is 11.6 Å². The van der Waals surface area contributed by atoms with E-state index in [9.17, 15) is 19.0 Å². The first-order chi connectivity index (χ1) is 13.9. The molecular formula is C22H25F2NO4. The third kappa shape index (κ3) is 4.08. The number of nitrogens with zero attached hydrogens (tertiary/aromatic N) is 1. The SMILES string of the molecule is COc1ccc2c(c1)OC1(CCN(C[C@H](O)c3ccc(F)c(F)c3)CC1)C[C@@H]2O. The van der Waals surface area contributed by atoms with Gasteiger partial charge in [0.25, 0.3) is 0 Å². The number of hydrogen-bond acceptors (Lipinski definition) is 5. The fourth-order valence-electron chi connectivity index (χ4n) is 4.26. The molecule has 0 aliphatic carbocycles. The molecule has 0 amide bonds. The molecule has 0 aromatic heterocycles. The third-order valence-corrected chi connectivity index (χ3v) is 6.00. The molecule has 2 N–H and O–H groups in total. The van der Waals surface area contributed by atoms with Crippen LogP contribution in [0.15, 0.2) is 36.4 Å². The van der Waals surface area contributed by atoms with Crippen molar-refractivity contribution in [3.05, 3.63) is 59.2 Å². The van der Waals surface area contributed by atoms with Crippen molar-refractivity contribution in [3.8, 4) is 11.5 Å². The first-order valence-electron chi connectivity index (χ1n) is 9.79. The van der Waals surface area contributed by atoms with Gasteiger partial charge in [0.1, 0.15) is 17.1 Å². The number of likely N-dealkylation sites (tertiary alicyclic amines) is 1. The van der Waals surface area contributed by atoms with E-state index in [4.69, 9.17) is 9.47 Å². The van der Waals surface area contributed by atoms with Gasteiger partial charge in [-0.05, 0) is 42.7 Å². The predicted octanol–water partition coefficient (Wildman–Crippen LogP) is 3.36. The number of rotatable bonds is 4. The monoisotopic (exact) mass is 405 g/mol. The van der Waals surface area contributed by atoms with Crippen molar-refractivity contribution < 1.29 is 28.5 Å². The average Bonchev–Trinajstić information content (AvgIpc) is 2.71. The minimum atomic E-state index is -0.960. The van der Waals surface area contributed by atoms with Crippen LogP contribution in [0.5, 0.6) is 11.5 Å². The van der Waals surface area contributed by atoms with Crippen LogP contribution in [0.4, 0.5) is 8.78 Å². The van der Waals surface area contributed by atoms with Crippen molar-refractivity contribution in [2.75, 3.05) is 26.7 Å². The molecule has 2 aromatic carbocycles. The van der Waals surface area contributed by atoms with Crippen LogP contribution in [0.2, 0.25) is 0 Å². The van der Waals surface area contributed by atoms with Gasteiger partial charge in [0.15, 0.2) is 11.6 Å². The molecule has 0 radical (unpaired) electrons. The Bertz CT molecular complexity index is 883. The van der Waals surface area contributed by atoms with Gasteiger partial charge < -0.3 is 24.6 Å². The predicted molar refractivity (Wildman–Crippen MR) is 103 cm³/mol. The zero-order chi connectivity index (χ0) is 20.6. The molecular weight excluding hydrogens is 380 g/mol. The van der Waals surface area contributed by atoms with Gasteiger partial charge in [-0.1, -0.05) is 6.07 Å². The Balaban J connectivity index is 1.40. The first-order valence-corrected chi connectivity index (χ1v) is 9.79.